The van der Waals surface area contributed by atoms with Gasteiger partial charge in [0.05, 0.1) is 17.1 Å². The number of nitrogens with one attached hydrogen (secondary N) is 2. The van der Waals surface area contributed by atoms with E-state index in [0.29, 0.717) is 17.4 Å². The number of rotatable bonds is 4. The van der Waals surface area contributed by atoms with E-state index in [1.54, 1.807) is 0 Å². The molecule has 0 bridgehead atoms. The minimum absolute atomic E-state index is 0.0414. The summed E-state index contributed by atoms with van der Waals surface area (Å²) in [5.41, 5.74) is 1.71. The van der Waals surface area contributed by atoms with E-state index in [1.807, 2.05) is 29.6 Å². The Balaban J connectivity index is 1.62. The van der Waals surface area contributed by atoms with Crippen LogP contribution in [-0.4, -0.2) is 30.0 Å². The quantitative estimate of drug-likeness (QED) is 0.891. The summed E-state index contributed by atoms with van der Waals surface area (Å²) in [7, 11) is 0. The first-order valence-corrected chi connectivity index (χ1v) is 9.08. The molecule has 2 aromatic rings. The fraction of sp³-hybridized carbons (Fsp3) is 0.412. The molecule has 122 valence electrons. The Morgan fingerprint density at radius 3 is 3.09 bits per heavy atom. The molecule has 0 aliphatic carbocycles. The van der Waals surface area contributed by atoms with Crippen LogP contribution >= 0.6 is 22.9 Å². The summed E-state index contributed by atoms with van der Waals surface area (Å²) in [4.78, 5) is 16.8. The Morgan fingerprint density at radius 1 is 1.48 bits per heavy atom. The molecule has 1 aliphatic heterocycles. The molecular weight excluding hydrogens is 330 g/mol. The average Bonchev–Trinajstić information content (AvgIpc) is 2.98. The Kier molecular flexibility index (Phi) is 5.30. The monoisotopic (exact) mass is 349 g/mol. The van der Waals surface area contributed by atoms with Crippen LogP contribution in [0.1, 0.15) is 19.0 Å². The molecule has 0 saturated carbocycles. The molecule has 2 unspecified atom stereocenters. The summed E-state index contributed by atoms with van der Waals surface area (Å²) in [6.07, 6.45) is 1.30. The molecule has 1 aliphatic rings. The summed E-state index contributed by atoms with van der Waals surface area (Å²) >= 11 is 7.72. The van der Waals surface area contributed by atoms with Gasteiger partial charge in [0.25, 0.3) is 0 Å². The van der Waals surface area contributed by atoms with Crippen molar-refractivity contribution in [2.45, 2.75) is 25.8 Å². The highest BCUT2D eigenvalue weighted by molar-refractivity contribution is 7.13. The fourth-order valence-electron chi connectivity index (χ4n) is 2.80. The van der Waals surface area contributed by atoms with Gasteiger partial charge >= 0.3 is 0 Å². The van der Waals surface area contributed by atoms with Crippen molar-refractivity contribution < 1.29 is 4.79 Å². The molecule has 6 heteroatoms. The zero-order valence-electron chi connectivity index (χ0n) is 13.0. The first-order valence-electron chi connectivity index (χ1n) is 7.83. The third-order valence-corrected chi connectivity index (χ3v) is 5.38. The van der Waals surface area contributed by atoms with E-state index in [1.165, 1.54) is 11.3 Å². The van der Waals surface area contributed by atoms with Gasteiger partial charge in [0.15, 0.2) is 0 Å². The Hall–Kier alpha value is -1.43. The third kappa shape index (κ3) is 4.10. The molecule has 3 rings (SSSR count). The zero-order valence-corrected chi connectivity index (χ0v) is 14.6. The number of halogens is 1. The van der Waals surface area contributed by atoms with Crippen molar-refractivity contribution in [3.05, 3.63) is 40.4 Å². The van der Waals surface area contributed by atoms with Gasteiger partial charge in [-0.25, -0.2) is 4.98 Å². The van der Waals surface area contributed by atoms with Crippen molar-refractivity contribution in [1.29, 1.82) is 0 Å². The molecule has 2 heterocycles. The first kappa shape index (κ1) is 16.4. The number of carbonyl (C=O) groups excluding carboxylic acids is 1. The van der Waals surface area contributed by atoms with Gasteiger partial charge in [0, 0.05) is 17.0 Å². The highest BCUT2D eigenvalue weighted by Crippen LogP contribution is 2.30. The van der Waals surface area contributed by atoms with Crippen molar-refractivity contribution in [2.24, 2.45) is 5.92 Å². The maximum absolute atomic E-state index is 12.2. The summed E-state index contributed by atoms with van der Waals surface area (Å²) in [6.45, 7) is 4.08. The van der Waals surface area contributed by atoms with E-state index in [0.717, 1.165) is 35.8 Å². The molecule has 0 radical (unpaired) electrons. The zero-order chi connectivity index (χ0) is 16.2. The number of carbonyl (C=O) groups is 1. The van der Waals surface area contributed by atoms with Gasteiger partial charge in [-0.3, -0.25) is 4.79 Å². The largest absolute Gasteiger partial charge is 0.353 e. The summed E-state index contributed by atoms with van der Waals surface area (Å²) < 4.78 is 0. The lowest BCUT2D eigenvalue weighted by Crippen LogP contribution is -2.48. The van der Waals surface area contributed by atoms with Gasteiger partial charge in [-0.2, -0.15) is 0 Å². The lowest BCUT2D eigenvalue weighted by Gasteiger charge is -2.30. The minimum Gasteiger partial charge on any atom is -0.353 e. The van der Waals surface area contributed by atoms with Crippen LogP contribution in [-0.2, 0) is 11.2 Å². The number of hydrogen-bond acceptors (Lipinski definition) is 4. The summed E-state index contributed by atoms with van der Waals surface area (Å²) in [6, 6.07) is 7.89. The van der Waals surface area contributed by atoms with Gasteiger partial charge in [-0.05, 0) is 31.5 Å². The van der Waals surface area contributed by atoms with E-state index in [9.17, 15) is 4.79 Å². The summed E-state index contributed by atoms with van der Waals surface area (Å²) in [5, 5.41) is 9.95. The van der Waals surface area contributed by atoms with Crippen molar-refractivity contribution in [2.75, 3.05) is 13.1 Å². The molecule has 1 aromatic heterocycles. The van der Waals surface area contributed by atoms with E-state index in [-0.39, 0.29) is 11.9 Å². The van der Waals surface area contributed by atoms with E-state index >= 15 is 0 Å². The lowest BCUT2D eigenvalue weighted by molar-refractivity contribution is -0.121. The van der Waals surface area contributed by atoms with Crippen LogP contribution < -0.4 is 10.6 Å². The van der Waals surface area contributed by atoms with Gasteiger partial charge in [-0.1, -0.05) is 36.7 Å². The SMILES string of the molecule is CC1CNCCC1NC(=O)Cc1csc(-c2ccccc2Cl)n1. The Bertz CT molecular complexity index is 688. The highest BCUT2D eigenvalue weighted by atomic mass is 35.5. The number of thiazole rings is 1. The predicted octanol–water partition coefficient (Wildman–Crippen LogP) is 3.12. The number of aromatic nitrogens is 1. The van der Waals surface area contributed by atoms with Gasteiger partial charge in [0.1, 0.15) is 5.01 Å². The predicted molar refractivity (Wildman–Crippen MR) is 94.8 cm³/mol. The maximum Gasteiger partial charge on any atom is 0.226 e. The number of hydrogen-bond donors (Lipinski definition) is 2. The molecule has 1 fully saturated rings. The van der Waals surface area contributed by atoms with Crippen molar-refractivity contribution in [1.82, 2.24) is 15.6 Å². The second-order valence-electron chi connectivity index (χ2n) is 5.94. The maximum atomic E-state index is 12.2. The van der Waals surface area contributed by atoms with E-state index in [2.05, 4.69) is 22.5 Å². The second-order valence-corrected chi connectivity index (χ2v) is 7.21. The van der Waals surface area contributed by atoms with Crippen LogP contribution in [0.25, 0.3) is 10.6 Å². The fourth-order valence-corrected chi connectivity index (χ4v) is 3.94. The van der Waals surface area contributed by atoms with Crippen molar-refractivity contribution in [3.63, 3.8) is 0 Å². The Labute approximate surface area is 145 Å². The average molecular weight is 350 g/mol. The van der Waals surface area contributed by atoms with Gasteiger partial charge in [0.2, 0.25) is 5.91 Å². The second kappa shape index (κ2) is 7.43. The molecule has 2 atom stereocenters. The summed E-state index contributed by atoms with van der Waals surface area (Å²) in [5.74, 6) is 0.501. The van der Waals surface area contributed by atoms with Gasteiger partial charge in [-0.15, -0.1) is 11.3 Å². The molecule has 2 N–H and O–H groups in total. The number of amides is 1. The van der Waals surface area contributed by atoms with Crippen LogP contribution in [0.3, 0.4) is 0 Å². The number of benzene rings is 1. The third-order valence-electron chi connectivity index (χ3n) is 4.13. The molecule has 0 spiro atoms. The molecule has 23 heavy (non-hydrogen) atoms. The molecule has 1 aromatic carbocycles. The molecule has 1 saturated heterocycles. The van der Waals surface area contributed by atoms with Crippen molar-refractivity contribution in [3.8, 4) is 10.6 Å². The normalized spacial score (nSPS) is 21.1. The molecular formula is C17H20ClN3OS. The lowest BCUT2D eigenvalue weighted by atomic mass is 9.95. The Morgan fingerprint density at radius 2 is 2.30 bits per heavy atom. The number of nitrogens with zero attached hydrogens (tertiary/aromatic N) is 1. The van der Waals surface area contributed by atoms with Crippen LogP contribution in [0.5, 0.6) is 0 Å². The van der Waals surface area contributed by atoms with Crippen LogP contribution in [0.4, 0.5) is 0 Å². The van der Waals surface area contributed by atoms with Crippen molar-refractivity contribution >= 4 is 28.8 Å². The molecule has 4 nitrogen and oxygen atoms in total. The highest BCUT2D eigenvalue weighted by Gasteiger charge is 2.22. The number of piperidine rings is 1. The van der Waals surface area contributed by atoms with E-state index < -0.39 is 0 Å². The standard InChI is InChI=1S/C17H20ClN3OS/c1-11-9-19-7-6-15(11)21-16(22)8-12-10-23-17(20-12)13-4-2-3-5-14(13)18/h2-5,10-11,15,19H,6-9H2,1H3,(H,21,22). The molecule has 1 amide bonds. The van der Waals surface area contributed by atoms with Gasteiger partial charge < -0.3 is 10.6 Å². The topological polar surface area (TPSA) is 54.0 Å². The van der Waals surface area contributed by atoms with Crippen LogP contribution in [0.15, 0.2) is 29.6 Å². The van der Waals surface area contributed by atoms with E-state index in [4.69, 9.17) is 11.6 Å². The van der Waals surface area contributed by atoms with Crippen LogP contribution in [0, 0.1) is 5.92 Å². The minimum atomic E-state index is 0.0414. The van der Waals surface area contributed by atoms with Crippen LogP contribution in [0.2, 0.25) is 5.02 Å². The smallest absolute Gasteiger partial charge is 0.226 e. The first-order chi connectivity index (χ1) is 11.1.